The first-order chi connectivity index (χ1) is 18.9. The molecule has 0 radical (unpaired) electrons. The van der Waals surface area contributed by atoms with Gasteiger partial charge in [-0.1, -0.05) is 81.4 Å². The maximum absolute atomic E-state index is 5.93. The fourth-order valence-corrected chi connectivity index (χ4v) is 6.56. The highest BCUT2D eigenvalue weighted by Gasteiger charge is 2.38. The van der Waals surface area contributed by atoms with Gasteiger partial charge in [0.15, 0.2) is 0 Å². The summed E-state index contributed by atoms with van der Waals surface area (Å²) in [7, 11) is 0. The van der Waals surface area contributed by atoms with Gasteiger partial charge in [-0.15, -0.1) is 0 Å². The molecule has 1 saturated carbocycles. The zero-order chi connectivity index (χ0) is 27.4. The standard InChI is InChI=1S/C37H44N2/c1-4-29-24-33(12-10-31(29)22-27-6-14-35(38)15-7-27)37(20-18-26(3)19-21-37)34-13-11-32(30(5-2)25-34)23-28-8-16-36(39)17-9-28/h6-17,24-26H,4-5,18-23,38-39H2,1-3H3. The molecule has 202 valence electrons. The van der Waals surface area contributed by atoms with E-state index >= 15 is 0 Å². The van der Waals surface area contributed by atoms with Crippen LogP contribution < -0.4 is 11.5 Å². The lowest BCUT2D eigenvalue weighted by atomic mass is 9.62. The summed E-state index contributed by atoms with van der Waals surface area (Å²) in [6, 6.07) is 31.4. The van der Waals surface area contributed by atoms with Crippen LogP contribution in [0.1, 0.15) is 91.0 Å². The molecule has 4 aromatic rings. The summed E-state index contributed by atoms with van der Waals surface area (Å²) in [4.78, 5) is 0. The molecule has 4 aromatic carbocycles. The second-order valence-corrected chi connectivity index (χ2v) is 11.8. The Hall–Kier alpha value is -3.52. The van der Waals surface area contributed by atoms with Crippen LogP contribution in [0.3, 0.4) is 0 Å². The molecule has 0 bridgehead atoms. The average Bonchev–Trinajstić information content (AvgIpc) is 2.96. The smallest absolute Gasteiger partial charge is 0.0314 e. The molecule has 0 heterocycles. The highest BCUT2D eigenvalue weighted by molar-refractivity contribution is 5.49. The second-order valence-electron chi connectivity index (χ2n) is 11.8. The van der Waals surface area contributed by atoms with Crippen LogP contribution in [0.15, 0.2) is 84.9 Å². The van der Waals surface area contributed by atoms with E-state index in [-0.39, 0.29) is 5.41 Å². The van der Waals surface area contributed by atoms with Crippen LogP contribution in [0.2, 0.25) is 0 Å². The van der Waals surface area contributed by atoms with Gasteiger partial charge in [-0.25, -0.2) is 0 Å². The molecule has 0 amide bonds. The van der Waals surface area contributed by atoms with Gasteiger partial charge in [0.25, 0.3) is 0 Å². The third-order valence-electron chi connectivity index (χ3n) is 9.16. The summed E-state index contributed by atoms with van der Waals surface area (Å²) in [5.74, 6) is 0.795. The third-order valence-corrected chi connectivity index (χ3v) is 9.16. The number of aryl methyl sites for hydroxylation is 2. The van der Waals surface area contributed by atoms with E-state index in [0.717, 1.165) is 43.0 Å². The Bertz CT molecular complexity index is 1290. The molecular weight excluding hydrogens is 472 g/mol. The van der Waals surface area contributed by atoms with Crippen molar-refractivity contribution in [2.75, 3.05) is 11.5 Å². The predicted molar refractivity (Wildman–Crippen MR) is 167 cm³/mol. The van der Waals surface area contributed by atoms with Crippen LogP contribution in [0.4, 0.5) is 11.4 Å². The zero-order valence-corrected chi connectivity index (χ0v) is 24.0. The van der Waals surface area contributed by atoms with Crippen LogP contribution in [-0.2, 0) is 31.1 Å². The Kier molecular flexibility index (Phi) is 8.12. The van der Waals surface area contributed by atoms with Crippen molar-refractivity contribution >= 4 is 11.4 Å². The van der Waals surface area contributed by atoms with Crippen LogP contribution in [-0.4, -0.2) is 0 Å². The molecule has 5 rings (SSSR count). The molecule has 1 fully saturated rings. The first-order valence-corrected chi connectivity index (χ1v) is 14.8. The van der Waals surface area contributed by atoms with Crippen molar-refractivity contribution in [1.82, 2.24) is 0 Å². The molecule has 1 aliphatic carbocycles. The second kappa shape index (κ2) is 11.7. The topological polar surface area (TPSA) is 52.0 Å². The van der Waals surface area contributed by atoms with E-state index in [0.29, 0.717) is 0 Å². The van der Waals surface area contributed by atoms with Gasteiger partial charge in [0, 0.05) is 16.8 Å². The number of hydrogen-bond donors (Lipinski definition) is 2. The van der Waals surface area contributed by atoms with E-state index in [1.807, 2.05) is 24.3 Å². The molecule has 4 N–H and O–H groups in total. The molecule has 0 aromatic heterocycles. The highest BCUT2D eigenvalue weighted by Crippen LogP contribution is 2.47. The molecule has 0 atom stereocenters. The van der Waals surface area contributed by atoms with E-state index in [2.05, 4.69) is 81.4 Å². The normalized spacial score (nSPS) is 15.4. The Labute approximate surface area is 235 Å². The molecule has 2 nitrogen and oxygen atoms in total. The van der Waals surface area contributed by atoms with Gasteiger partial charge in [-0.05, 0) is 126 Å². The van der Waals surface area contributed by atoms with Crippen molar-refractivity contribution in [3.05, 3.63) is 129 Å². The summed E-state index contributed by atoms with van der Waals surface area (Å²) < 4.78 is 0. The Morgan fingerprint density at radius 2 is 1.00 bits per heavy atom. The molecule has 1 aliphatic rings. The largest absolute Gasteiger partial charge is 0.399 e. The van der Waals surface area contributed by atoms with Crippen molar-refractivity contribution in [2.24, 2.45) is 5.92 Å². The van der Waals surface area contributed by atoms with E-state index in [1.165, 1.54) is 70.2 Å². The number of anilines is 2. The summed E-state index contributed by atoms with van der Waals surface area (Å²) >= 11 is 0. The van der Waals surface area contributed by atoms with Gasteiger partial charge in [0.1, 0.15) is 0 Å². The maximum Gasteiger partial charge on any atom is 0.0314 e. The molecule has 2 heteroatoms. The lowest BCUT2D eigenvalue weighted by Gasteiger charge is -2.41. The van der Waals surface area contributed by atoms with Gasteiger partial charge in [0.05, 0.1) is 0 Å². The summed E-state index contributed by atoms with van der Waals surface area (Å²) in [5.41, 5.74) is 25.0. The fraction of sp³-hybridized carbons (Fsp3) is 0.351. The summed E-state index contributed by atoms with van der Waals surface area (Å²) in [6.45, 7) is 7.01. The lowest BCUT2D eigenvalue weighted by molar-refractivity contribution is 0.280. The Balaban J connectivity index is 1.51. The molecular formula is C37H44N2. The quantitative estimate of drug-likeness (QED) is 0.230. The van der Waals surface area contributed by atoms with Crippen LogP contribution >= 0.6 is 0 Å². The minimum atomic E-state index is 0.0831. The van der Waals surface area contributed by atoms with Crippen molar-refractivity contribution in [2.45, 2.75) is 77.6 Å². The van der Waals surface area contributed by atoms with Crippen molar-refractivity contribution < 1.29 is 0 Å². The maximum atomic E-state index is 5.93. The number of hydrogen-bond acceptors (Lipinski definition) is 2. The van der Waals surface area contributed by atoms with Gasteiger partial charge >= 0.3 is 0 Å². The lowest BCUT2D eigenvalue weighted by Crippen LogP contribution is -2.33. The first kappa shape index (κ1) is 27.1. The Morgan fingerprint density at radius 3 is 1.38 bits per heavy atom. The van der Waals surface area contributed by atoms with E-state index in [9.17, 15) is 0 Å². The third kappa shape index (κ3) is 5.91. The number of rotatable bonds is 8. The van der Waals surface area contributed by atoms with Gasteiger partial charge in [-0.2, -0.15) is 0 Å². The van der Waals surface area contributed by atoms with Crippen LogP contribution in [0.25, 0.3) is 0 Å². The van der Waals surface area contributed by atoms with Crippen LogP contribution in [0.5, 0.6) is 0 Å². The molecule has 0 unspecified atom stereocenters. The molecule has 39 heavy (non-hydrogen) atoms. The van der Waals surface area contributed by atoms with E-state index in [1.54, 1.807) is 0 Å². The highest BCUT2D eigenvalue weighted by atomic mass is 14.5. The number of benzene rings is 4. The minimum Gasteiger partial charge on any atom is -0.399 e. The molecule has 0 aliphatic heterocycles. The predicted octanol–water partition coefficient (Wildman–Crippen LogP) is 8.65. The molecule has 0 spiro atoms. The van der Waals surface area contributed by atoms with E-state index < -0.39 is 0 Å². The van der Waals surface area contributed by atoms with Crippen LogP contribution in [0, 0.1) is 5.92 Å². The van der Waals surface area contributed by atoms with Crippen molar-refractivity contribution in [3.63, 3.8) is 0 Å². The average molecular weight is 517 g/mol. The number of nitrogen functional groups attached to an aromatic ring is 2. The minimum absolute atomic E-state index is 0.0831. The van der Waals surface area contributed by atoms with Crippen molar-refractivity contribution in [3.8, 4) is 0 Å². The SMILES string of the molecule is CCc1cc(C2(c3ccc(Cc4ccc(N)cc4)c(CC)c3)CCC(C)CC2)ccc1Cc1ccc(N)cc1. The van der Waals surface area contributed by atoms with Gasteiger partial charge in [-0.3, -0.25) is 0 Å². The summed E-state index contributed by atoms with van der Waals surface area (Å²) in [5, 5.41) is 0. The van der Waals surface area contributed by atoms with Gasteiger partial charge < -0.3 is 11.5 Å². The zero-order valence-electron chi connectivity index (χ0n) is 24.0. The van der Waals surface area contributed by atoms with Crippen molar-refractivity contribution in [1.29, 1.82) is 0 Å². The first-order valence-electron chi connectivity index (χ1n) is 14.8. The summed E-state index contributed by atoms with van der Waals surface area (Å²) in [6.07, 6.45) is 8.99. The fourth-order valence-electron chi connectivity index (χ4n) is 6.56. The van der Waals surface area contributed by atoms with Gasteiger partial charge in [0.2, 0.25) is 0 Å². The monoisotopic (exact) mass is 516 g/mol. The molecule has 0 saturated heterocycles. The van der Waals surface area contributed by atoms with E-state index in [4.69, 9.17) is 11.5 Å². The number of nitrogens with two attached hydrogens (primary N) is 2. The Morgan fingerprint density at radius 1 is 0.590 bits per heavy atom.